The van der Waals surface area contributed by atoms with Crippen molar-refractivity contribution in [3.63, 3.8) is 0 Å². The highest BCUT2D eigenvalue weighted by Gasteiger charge is 2.64. The van der Waals surface area contributed by atoms with Gasteiger partial charge in [0.25, 0.3) is 11.8 Å². The summed E-state index contributed by atoms with van der Waals surface area (Å²) in [6.45, 7) is 0.839. The molecular formula is C20H18F3N5O2. The fourth-order valence-electron chi connectivity index (χ4n) is 3.86. The van der Waals surface area contributed by atoms with Gasteiger partial charge in [-0.05, 0) is 25.0 Å². The molecule has 0 unspecified atom stereocenters. The highest BCUT2D eigenvalue weighted by molar-refractivity contribution is 5.99. The van der Waals surface area contributed by atoms with Crippen molar-refractivity contribution in [2.75, 3.05) is 6.54 Å². The lowest BCUT2D eigenvalue weighted by Crippen LogP contribution is -2.48. The largest absolute Gasteiger partial charge is 0.411 e. The Labute approximate surface area is 168 Å². The van der Waals surface area contributed by atoms with E-state index in [1.54, 1.807) is 15.6 Å². The van der Waals surface area contributed by atoms with Crippen LogP contribution in [-0.2, 0) is 13.1 Å². The number of hydrogen-bond acceptors (Lipinski definition) is 3. The van der Waals surface area contributed by atoms with E-state index in [1.807, 2.05) is 24.3 Å². The van der Waals surface area contributed by atoms with Crippen LogP contribution in [0.25, 0.3) is 10.9 Å². The number of rotatable bonds is 3. The van der Waals surface area contributed by atoms with Gasteiger partial charge in [0.2, 0.25) is 0 Å². The third-order valence-corrected chi connectivity index (χ3v) is 5.81. The van der Waals surface area contributed by atoms with Crippen LogP contribution in [0.5, 0.6) is 0 Å². The van der Waals surface area contributed by atoms with E-state index in [0.717, 1.165) is 10.9 Å². The quantitative estimate of drug-likeness (QED) is 0.688. The molecule has 1 aliphatic heterocycles. The predicted molar refractivity (Wildman–Crippen MR) is 101 cm³/mol. The van der Waals surface area contributed by atoms with Crippen molar-refractivity contribution < 1.29 is 22.8 Å². The molecule has 0 atom stereocenters. The van der Waals surface area contributed by atoms with Gasteiger partial charge >= 0.3 is 6.18 Å². The van der Waals surface area contributed by atoms with Crippen LogP contribution in [0.3, 0.4) is 0 Å². The van der Waals surface area contributed by atoms with Crippen molar-refractivity contribution in [1.29, 1.82) is 0 Å². The molecule has 1 aromatic carbocycles. The Morgan fingerprint density at radius 3 is 2.63 bits per heavy atom. The van der Waals surface area contributed by atoms with Crippen molar-refractivity contribution in [2.45, 2.75) is 37.6 Å². The van der Waals surface area contributed by atoms with E-state index in [0.29, 0.717) is 24.5 Å². The minimum atomic E-state index is -4.49. The molecule has 0 saturated heterocycles. The maximum absolute atomic E-state index is 13.2. The lowest BCUT2D eigenvalue weighted by Gasteiger charge is -2.28. The van der Waals surface area contributed by atoms with Gasteiger partial charge in [0.05, 0.1) is 30.5 Å². The number of amides is 2. The van der Waals surface area contributed by atoms with Gasteiger partial charge in [0.1, 0.15) is 11.2 Å². The van der Waals surface area contributed by atoms with Gasteiger partial charge in [0.15, 0.2) is 0 Å². The Morgan fingerprint density at radius 2 is 1.93 bits per heavy atom. The molecule has 7 nitrogen and oxygen atoms in total. The number of carbonyl (C=O) groups is 2. The molecule has 3 heterocycles. The highest BCUT2D eigenvalue weighted by atomic mass is 19.4. The summed E-state index contributed by atoms with van der Waals surface area (Å²) in [6, 6.07) is 9.27. The minimum absolute atomic E-state index is 0.0691. The summed E-state index contributed by atoms with van der Waals surface area (Å²) in [7, 11) is 0. The van der Waals surface area contributed by atoms with Gasteiger partial charge in [-0.15, -0.1) is 0 Å². The number of alkyl halides is 3. The number of aromatic nitrogens is 3. The predicted octanol–water partition coefficient (Wildman–Crippen LogP) is 2.85. The summed E-state index contributed by atoms with van der Waals surface area (Å²) in [5.74, 6) is -1.05. The Balaban J connectivity index is 1.37. The molecule has 5 rings (SSSR count). The van der Waals surface area contributed by atoms with E-state index in [1.165, 1.54) is 6.20 Å². The first-order valence-corrected chi connectivity index (χ1v) is 9.58. The number of para-hydroxylation sites is 1. The fourth-order valence-corrected chi connectivity index (χ4v) is 3.86. The molecule has 2 amide bonds. The number of H-pyrrole nitrogens is 1. The summed E-state index contributed by atoms with van der Waals surface area (Å²) in [6.07, 6.45) is -3.48. The van der Waals surface area contributed by atoms with Crippen LogP contribution in [0.15, 0.2) is 36.5 Å². The number of carbonyl (C=O) groups excluding carboxylic acids is 2. The molecule has 10 heteroatoms. The van der Waals surface area contributed by atoms with E-state index in [9.17, 15) is 22.8 Å². The molecule has 1 fully saturated rings. The number of benzene rings is 1. The monoisotopic (exact) mass is 417 g/mol. The first kappa shape index (κ1) is 18.7. The zero-order chi connectivity index (χ0) is 21.1. The van der Waals surface area contributed by atoms with Crippen molar-refractivity contribution in [3.8, 4) is 0 Å². The van der Waals surface area contributed by atoms with Gasteiger partial charge < -0.3 is 15.2 Å². The number of fused-ring (bicyclic) bond motifs is 2. The van der Waals surface area contributed by atoms with Gasteiger partial charge in [-0.3, -0.25) is 14.3 Å². The van der Waals surface area contributed by atoms with E-state index < -0.39 is 17.6 Å². The normalized spacial score (nSPS) is 17.6. The molecule has 2 aliphatic rings. The average molecular weight is 417 g/mol. The zero-order valence-corrected chi connectivity index (χ0v) is 15.8. The molecule has 2 aromatic heterocycles. The van der Waals surface area contributed by atoms with Crippen molar-refractivity contribution >= 4 is 22.7 Å². The van der Waals surface area contributed by atoms with Crippen LogP contribution >= 0.6 is 0 Å². The van der Waals surface area contributed by atoms with Crippen LogP contribution < -0.4 is 5.32 Å². The summed E-state index contributed by atoms with van der Waals surface area (Å²) >= 11 is 0. The number of hydrogen-bond donors (Lipinski definition) is 2. The smallest absolute Gasteiger partial charge is 0.351 e. The topological polar surface area (TPSA) is 83.0 Å². The van der Waals surface area contributed by atoms with Crippen LogP contribution in [-0.4, -0.2) is 49.7 Å². The van der Waals surface area contributed by atoms with Crippen LogP contribution in [0.1, 0.15) is 39.4 Å². The SMILES string of the molecule is O=C(NC1(C(F)(F)F)CC1)c1cnn2c1CN(C(=O)c1cc3ccccc3[nH]1)CC2. The van der Waals surface area contributed by atoms with Crippen LogP contribution in [0.2, 0.25) is 0 Å². The molecule has 30 heavy (non-hydrogen) atoms. The first-order valence-electron chi connectivity index (χ1n) is 9.58. The Hall–Kier alpha value is -3.30. The number of nitrogens with zero attached hydrogens (tertiary/aromatic N) is 3. The maximum Gasteiger partial charge on any atom is 0.411 e. The second-order valence-corrected chi connectivity index (χ2v) is 7.76. The van der Waals surface area contributed by atoms with Crippen LogP contribution in [0, 0.1) is 0 Å². The second-order valence-electron chi connectivity index (χ2n) is 7.76. The van der Waals surface area contributed by atoms with Gasteiger partial charge in [-0.25, -0.2) is 0 Å². The number of nitrogens with one attached hydrogen (secondary N) is 2. The molecule has 0 radical (unpaired) electrons. The minimum Gasteiger partial charge on any atom is -0.351 e. The Kier molecular flexibility index (Phi) is 3.96. The number of aromatic amines is 1. The van der Waals surface area contributed by atoms with Crippen molar-refractivity contribution in [3.05, 3.63) is 53.5 Å². The molecule has 156 valence electrons. The molecule has 3 aromatic rings. The van der Waals surface area contributed by atoms with Gasteiger partial charge in [-0.1, -0.05) is 18.2 Å². The number of halogens is 3. The van der Waals surface area contributed by atoms with E-state index in [2.05, 4.69) is 15.4 Å². The maximum atomic E-state index is 13.2. The van der Waals surface area contributed by atoms with E-state index in [4.69, 9.17) is 0 Å². The average Bonchev–Trinajstić information content (AvgIpc) is 3.21. The third kappa shape index (κ3) is 2.94. The zero-order valence-electron chi connectivity index (χ0n) is 15.8. The van der Waals surface area contributed by atoms with Crippen molar-refractivity contribution in [1.82, 2.24) is 25.0 Å². The first-order chi connectivity index (χ1) is 14.3. The molecule has 2 N–H and O–H groups in total. The standard InChI is InChI=1S/C20H18F3N5O2/c21-20(22,23)19(5-6-19)26-17(29)13-10-24-28-8-7-27(11-16(13)28)18(30)15-9-12-3-1-2-4-14(12)25-15/h1-4,9-10,25H,5-8,11H2,(H,26,29). The third-order valence-electron chi connectivity index (χ3n) is 5.81. The van der Waals surface area contributed by atoms with Crippen LogP contribution in [0.4, 0.5) is 13.2 Å². The summed E-state index contributed by atoms with van der Waals surface area (Å²) < 4.78 is 41.1. The van der Waals surface area contributed by atoms with Crippen molar-refractivity contribution in [2.24, 2.45) is 0 Å². The lowest BCUT2D eigenvalue weighted by molar-refractivity contribution is -0.163. The molecular weight excluding hydrogens is 399 g/mol. The summed E-state index contributed by atoms with van der Waals surface area (Å²) in [5, 5.41) is 7.15. The molecule has 0 spiro atoms. The molecule has 1 aliphatic carbocycles. The fraction of sp³-hybridized carbons (Fsp3) is 0.350. The van der Waals surface area contributed by atoms with E-state index >= 15 is 0 Å². The van der Waals surface area contributed by atoms with E-state index in [-0.39, 0.29) is 30.9 Å². The Morgan fingerprint density at radius 1 is 1.17 bits per heavy atom. The molecule has 0 bridgehead atoms. The second kappa shape index (κ2) is 6.35. The lowest BCUT2D eigenvalue weighted by atomic mass is 10.1. The summed E-state index contributed by atoms with van der Waals surface area (Å²) in [5.41, 5.74) is -0.386. The Bertz CT molecular complexity index is 1130. The summed E-state index contributed by atoms with van der Waals surface area (Å²) in [4.78, 5) is 30.2. The van der Waals surface area contributed by atoms with Gasteiger partial charge in [-0.2, -0.15) is 18.3 Å². The highest BCUT2D eigenvalue weighted by Crippen LogP contribution is 2.49. The molecule has 1 saturated carbocycles. The van der Waals surface area contributed by atoms with Gasteiger partial charge in [0, 0.05) is 17.4 Å².